The fourth-order valence-corrected chi connectivity index (χ4v) is 1.51. The number of carbonyl (C=O) groups excluding carboxylic acids is 2. The molecule has 0 radical (unpaired) electrons. The summed E-state index contributed by atoms with van der Waals surface area (Å²) in [6.45, 7) is 1.53. The number of ether oxygens (including phenoxy) is 1. The first-order valence-corrected chi connectivity index (χ1v) is 5.85. The smallest absolute Gasteiger partial charge is 0.328 e. The summed E-state index contributed by atoms with van der Waals surface area (Å²) < 4.78 is 4.65. The molecule has 19 heavy (non-hydrogen) atoms. The van der Waals surface area contributed by atoms with Crippen LogP contribution in [0, 0.1) is 0 Å². The topological polar surface area (TPSA) is 102 Å². The van der Waals surface area contributed by atoms with Crippen LogP contribution < -0.4 is 11.1 Å². The van der Waals surface area contributed by atoms with Gasteiger partial charge in [0, 0.05) is 6.42 Å². The van der Waals surface area contributed by atoms with Crippen LogP contribution in [0.15, 0.2) is 24.3 Å². The molecule has 1 aromatic carbocycles. The second-order valence-electron chi connectivity index (χ2n) is 4.24. The fourth-order valence-electron chi connectivity index (χ4n) is 1.51. The molecular weight excluding hydrogens is 248 g/mol. The predicted octanol–water partition coefficient (Wildman–Crippen LogP) is -0.0603. The molecule has 0 heterocycles. The molecule has 0 spiro atoms. The predicted molar refractivity (Wildman–Crippen MR) is 69.4 cm³/mol. The van der Waals surface area contributed by atoms with E-state index in [4.69, 9.17) is 5.73 Å². The maximum absolute atomic E-state index is 11.6. The van der Waals surface area contributed by atoms with Crippen molar-refractivity contribution in [3.8, 4) is 5.75 Å². The van der Waals surface area contributed by atoms with Gasteiger partial charge in [0.1, 0.15) is 11.8 Å². The van der Waals surface area contributed by atoms with Gasteiger partial charge in [0.25, 0.3) is 0 Å². The van der Waals surface area contributed by atoms with Gasteiger partial charge in [-0.2, -0.15) is 0 Å². The summed E-state index contributed by atoms with van der Waals surface area (Å²) in [5.41, 5.74) is 6.23. The summed E-state index contributed by atoms with van der Waals surface area (Å²) >= 11 is 0. The number of rotatable bonds is 5. The van der Waals surface area contributed by atoms with Crippen LogP contribution in [0.1, 0.15) is 12.5 Å². The zero-order chi connectivity index (χ0) is 14.4. The monoisotopic (exact) mass is 266 g/mol. The number of aromatic hydroxyl groups is 1. The van der Waals surface area contributed by atoms with Crippen LogP contribution in [0.3, 0.4) is 0 Å². The maximum atomic E-state index is 11.6. The van der Waals surface area contributed by atoms with Crippen LogP contribution in [0.5, 0.6) is 5.75 Å². The van der Waals surface area contributed by atoms with Gasteiger partial charge in [-0.25, -0.2) is 4.79 Å². The number of phenolic OH excluding ortho intramolecular Hbond substituents is 1. The van der Waals surface area contributed by atoms with Crippen LogP contribution in [0.25, 0.3) is 0 Å². The molecule has 6 heteroatoms. The molecule has 0 aromatic heterocycles. The number of methoxy groups -OCH3 is 1. The lowest BCUT2D eigenvalue weighted by molar-refractivity contribution is -0.145. The number of hydrogen-bond acceptors (Lipinski definition) is 5. The second kappa shape index (κ2) is 6.75. The number of amides is 1. The van der Waals surface area contributed by atoms with Gasteiger partial charge in [0.15, 0.2) is 0 Å². The quantitative estimate of drug-likeness (QED) is 0.648. The first kappa shape index (κ1) is 15.0. The third kappa shape index (κ3) is 4.59. The van der Waals surface area contributed by atoms with Crippen molar-refractivity contribution < 1.29 is 19.4 Å². The van der Waals surface area contributed by atoms with Crippen LogP contribution in [0.4, 0.5) is 0 Å². The molecule has 0 aliphatic carbocycles. The molecule has 0 aliphatic heterocycles. The van der Waals surface area contributed by atoms with Crippen molar-refractivity contribution in [3.05, 3.63) is 29.8 Å². The SMILES string of the molecule is COC(=O)C(Cc1ccc(O)cc1)NC(=O)[C@H](C)N. The average molecular weight is 266 g/mol. The standard InChI is InChI=1S/C13H18N2O4/c1-8(14)12(17)15-11(13(18)19-2)7-9-3-5-10(16)6-4-9/h3-6,8,11,16H,7,14H2,1-2H3,(H,15,17)/t8-,11?/m0/s1. The minimum Gasteiger partial charge on any atom is -0.508 e. The van der Waals surface area contributed by atoms with Gasteiger partial charge < -0.3 is 20.9 Å². The molecule has 0 fully saturated rings. The summed E-state index contributed by atoms with van der Waals surface area (Å²) in [4.78, 5) is 23.1. The van der Waals surface area contributed by atoms with Crippen LogP contribution in [-0.2, 0) is 20.7 Å². The Morgan fingerprint density at radius 1 is 1.37 bits per heavy atom. The minimum atomic E-state index is -0.798. The van der Waals surface area contributed by atoms with Gasteiger partial charge in [-0.1, -0.05) is 12.1 Å². The van der Waals surface area contributed by atoms with E-state index in [1.54, 1.807) is 12.1 Å². The van der Waals surface area contributed by atoms with E-state index in [1.807, 2.05) is 0 Å². The Bertz CT molecular complexity index is 442. The van der Waals surface area contributed by atoms with Crippen molar-refractivity contribution in [2.75, 3.05) is 7.11 Å². The van der Waals surface area contributed by atoms with E-state index in [0.717, 1.165) is 5.56 Å². The molecule has 0 aliphatic rings. The van der Waals surface area contributed by atoms with Crippen molar-refractivity contribution in [1.82, 2.24) is 5.32 Å². The van der Waals surface area contributed by atoms with E-state index in [-0.39, 0.29) is 12.2 Å². The van der Waals surface area contributed by atoms with E-state index in [9.17, 15) is 14.7 Å². The highest BCUT2D eigenvalue weighted by atomic mass is 16.5. The number of nitrogens with one attached hydrogen (secondary N) is 1. The highest BCUT2D eigenvalue weighted by Crippen LogP contribution is 2.11. The molecule has 4 N–H and O–H groups in total. The molecule has 1 aromatic rings. The molecule has 0 bridgehead atoms. The lowest BCUT2D eigenvalue weighted by atomic mass is 10.1. The van der Waals surface area contributed by atoms with E-state index < -0.39 is 24.0 Å². The van der Waals surface area contributed by atoms with Gasteiger partial charge in [0.05, 0.1) is 13.2 Å². The highest BCUT2D eigenvalue weighted by Gasteiger charge is 2.23. The first-order chi connectivity index (χ1) is 8.93. The van der Waals surface area contributed by atoms with Gasteiger partial charge >= 0.3 is 5.97 Å². The van der Waals surface area contributed by atoms with Crippen LogP contribution >= 0.6 is 0 Å². The zero-order valence-electron chi connectivity index (χ0n) is 10.9. The fraction of sp³-hybridized carbons (Fsp3) is 0.385. The third-order valence-corrected chi connectivity index (χ3v) is 2.59. The summed E-state index contributed by atoms with van der Waals surface area (Å²) in [5, 5.41) is 11.7. The molecule has 1 rings (SSSR count). The second-order valence-corrected chi connectivity index (χ2v) is 4.24. The largest absolute Gasteiger partial charge is 0.508 e. The van der Waals surface area contributed by atoms with E-state index in [1.165, 1.54) is 26.2 Å². The van der Waals surface area contributed by atoms with Gasteiger partial charge in [0.2, 0.25) is 5.91 Å². The number of esters is 1. The Balaban J connectivity index is 2.77. The van der Waals surface area contributed by atoms with E-state index in [0.29, 0.717) is 0 Å². The van der Waals surface area contributed by atoms with Gasteiger partial charge in [-0.3, -0.25) is 4.79 Å². The molecular formula is C13H18N2O4. The Morgan fingerprint density at radius 3 is 2.42 bits per heavy atom. The number of hydrogen-bond donors (Lipinski definition) is 3. The van der Waals surface area contributed by atoms with Gasteiger partial charge in [-0.05, 0) is 24.6 Å². The molecule has 104 valence electrons. The summed E-state index contributed by atoms with van der Waals surface area (Å²) in [6.07, 6.45) is 0.269. The molecule has 1 amide bonds. The number of carbonyl (C=O) groups is 2. The first-order valence-electron chi connectivity index (χ1n) is 5.85. The lowest BCUT2D eigenvalue weighted by Gasteiger charge is -2.17. The summed E-state index contributed by atoms with van der Waals surface area (Å²) in [6, 6.07) is 4.86. The van der Waals surface area contributed by atoms with E-state index >= 15 is 0 Å². The Kier molecular flexibility index (Phi) is 5.32. The molecule has 6 nitrogen and oxygen atoms in total. The Morgan fingerprint density at radius 2 is 1.95 bits per heavy atom. The number of nitrogens with two attached hydrogens (primary N) is 1. The van der Waals surface area contributed by atoms with E-state index in [2.05, 4.69) is 10.1 Å². The van der Waals surface area contributed by atoms with Gasteiger partial charge in [-0.15, -0.1) is 0 Å². The van der Waals surface area contributed by atoms with Crippen molar-refractivity contribution in [1.29, 1.82) is 0 Å². The molecule has 1 unspecified atom stereocenters. The minimum absolute atomic E-state index is 0.137. The van der Waals surface area contributed by atoms with Crippen molar-refractivity contribution in [3.63, 3.8) is 0 Å². The van der Waals surface area contributed by atoms with Crippen LogP contribution in [0.2, 0.25) is 0 Å². The van der Waals surface area contributed by atoms with Crippen LogP contribution in [-0.4, -0.2) is 36.2 Å². The Hall–Kier alpha value is -2.08. The molecule has 0 saturated carbocycles. The molecule has 0 saturated heterocycles. The summed E-state index contributed by atoms with van der Waals surface area (Å²) in [7, 11) is 1.25. The zero-order valence-corrected chi connectivity index (χ0v) is 10.9. The number of benzene rings is 1. The van der Waals surface area contributed by atoms with Crippen molar-refractivity contribution in [2.24, 2.45) is 5.73 Å². The number of phenols is 1. The molecule has 2 atom stereocenters. The average Bonchev–Trinajstić information content (AvgIpc) is 2.39. The van der Waals surface area contributed by atoms with Crippen molar-refractivity contribution in [2.45, 2.75) is 25.4 Å². The Labute approximate surface area is 111 Å². The normalized spacial score (nSPS) is 13.4. The van der Waals surface area contributed by atoms with Crippen molar-refractivity contribution >= 4 is 11.9 Å². The summed E-state index contributed by atoms with van der Waals surface area (Å²) in [5.74, 6) is -0.825. The maximum Gasteiger partial charge on any atom is 0.328 e. The third-order valence-electron chi connectivity index (χ3n) is 2.59. The highest BCUT2D eigenvalue weighted by molar-refractivity contribution is 5.87. The lowest BCUT2D eigenvalue weighted by Crippen LogP contribution is -2.48.